The number of benzene rings is 1. The minimum Gasteiger partial charge on any atom is -0.368 e. The molecule has 0 spiro atoms. The number of fused-ring (bicyclic) bond motifs is 3. The van der Waals surface area contributed by atoms with E-state index in [9.17, 15) is 13.2 Å². The topological polar surface area (TPSA) is 69.2 Å². The van der Waals surface area contributed by atoms with Gasteiger partial charge in [-0.25, -0.2) is 9.97 Å². The lowest BCUT2D eigenvalue weighted by Crippen LogP contribution is -2.44. The van der Waals surface area contributed by atoms with E-state index in [1.54, 1.807) is 6.20 Å². The number of hydrogen-bond donors (Lipinski definition) is 2. The van der Waals surface area contributed by atoms with Crippen molar-refractivity contribution >= 4 is 40.2 Å². The van der Waals surface area contributed by atoms with Crippen LogP contribution in [-0.2, 0) is 12.6 Å². The van der Waals surface area contributed by atoms with Gasteiger partial charge in [0.15, 0.2) is 0 Å². The monoisotopic (exact) mass is 499 g/mol. The third-order valence-corrected chi connectivity index (χ3v) is 6.53. The van der Waals surface area contributed by atoms with Gasteiger partial charge in [-0.2, -0.15) is 13.2 Å². The summed E-state index contributed by atoms with van der Waals surface area (Å²) in [5.41, 5.74) is 3.94. The highest BCUT2D eigenvalue weighted by Crippen LogP contribution is 2.38. The first-order valence-electron chi connectivity index (χ1n) is 11.2. The van der Waals surface area contributed by atoms with E-state index in [0.717, 1.165) is 60.9 Å². The van der Waals surface area contributed by atoms with E-state index in [2.05, 4.69) is 42.4 Å². The highest BCUT2D eigenvalue weighted by atomic mass is 32.1. The molecule has 3 aromatic rings. The number of likely N-dealkylation sites (N-methyl/N-ethyl adjacent to an activating group) is 1. The van der Waals surface area contributed by atoms with E-state index < -0.39 is 11.7 Å². The number of nitrogens with one attached hydrogen (secondary N) is 2. The summed E-state index contributed by atoms with van der Waals surface area (Å²) in [6.45, 7) is 5.70. The van der Waals surface area contributed by atoms with Crippen LogP contribution in [-0.4, -0.2) is 58.1 Å². The Kier molecular flexibility index (Phi) is 6.06. The average Bonchev–Trinajstić information content (AvgIpc) is 2.95. The first kappa shape index (κ1) is 23.4. The summed E-state index contributed by atoms with van der Waals surface area (Å²) in [5.74, 6) is 0.336. The maximum atomic E-state index is 13.3. The molecule has 4 heterocycles. The normalized spacial score (nSPS) is 16.3. The second kappa shape index (κ2) is 9.04. The van der Waals surface area contributed by atoms with Gasteiger partial charge in [0.1, 0.15) is 0 Å². The molecule has 2 aliphatic heterocycles. The number of anilines is 4. The van der Waals surface area contributed by atoms with Crippen LogP contribution >= 0.6 is 12.2 Å². The van der Waals surface area contributed by atoms with Crippen LogP contribution in [0.25, 0.3) is 11.3 Å². The molecule has 2 N–H and O–H groups in total. The predicted molar refractivity (Wildman–Crippen MR) is 134 cm³/mol. The smallest absolute Gasteiger partial charge is 0.368 e. The number of hydrogen-bond acceptors (Lipinski definition) is 7. The quantitative estimate of drug-likeness (QED) is 0.505. The van der Waals surface area contributed by atoms with Gasteiger partial charge in [0.2, 0.25) is 5.95 Å². The Morgan fingerprint density at radius 2 is 1.83 bits per heavy atom. The highest BCUT2D eigenvalue weighted by Gasteiger charge is 2.32. The van der Waals surface area contributed by atoms with Crippen LogP contribution < -0.4 is 15.5 Å². The standard InChI is InChI=1S/C24H24F3N7S/c1-14-19(11-17(13-28-14)34-7-5-33(2)6-8-34)31-23-29-12-15-9-21(35)30-20-10-16(24(25,26)27)3-4-18(20)22(15)32-23/h3-4,10-13H,5-9H2,1-2H3,(H,30,35)(H,29,31,32). The molecule has 182 valence electrons. The maximum Gasteiger partial charge on any atom is 0.416 e. The molecule has 2 aromatic heterocycles. The van der Waals surface area contributed by atoms with Gasteiger partial charge < -0.3 is 20.4 Å². The number of nitrogens with zero attached hydrogens (tertiary/aromatic N) is 5. The third kappa shape index (κ3) is 4.92. The molecule has 2 aliphatic rings. The summed E-state index contributed by atoms with van der Waals surface area (Å²) in [4.78, 5) is 18.7. The van der Waals surface area contributed by atoms with Crippen molar-refractivity contribution in [3.8, 4) is 11.3 Å². The number of aromatic nitrogens is 3. The SMILES string of the molecule is Cc1ncc(N2CCN(C)CC2)cc1Nc1ncc2c(n1)-c1ccc(C(F)(F)F)cc1NC(=S)C2. The second-order valence-corrected chi connectivity index (χ2v) is 9.29. The van der Waals surface area contributed by atoms with Crippen LogP contribution in [0.4, 0.5) is 36.2 Å². The Labute approximate surface area is 206 Å². The summed E-state index contributed by atoms with van der Waals surface area (Å²) >= 11 is 5.34. The van der Waals surface area contributed by atoms with Gasteiger partial charge >= 0.3 is 6.18 Å². The van der Waals surface area contributed by atoms with Crippen molar-refractivity contribution in [2.75, 3.05) is 48.8 Å². The van der Waals surface area contributed by atoms with E-state index in [1.807, 2.05) is 19.2 Å². The summed E-state index contributed by atoms with van der Waals surface area (Å²) in [6.07, 6.45) is -0.588. The van der Waals surface area contributed by atoms with Crippen LogP contribution in [0.3, 0.4) is 0 Å². The summed E-state index contributed by atoms with van der Waals surface area (Å²) < 4.78 is 39.8. The zero-order valence-corrected chi connectivity index (χ0v) is 20.1. The average molecular weight is 500 g/mol. The molecule has 5 rings (SSSR count). The number of pyridine rings is 1. The van der Waals surface area contributed by atoms with Crippen LogP contribution in [0.2, 0.25) is 0 Å². The fourth-order valence-electron chi connectivity index (χ4n) is 4.23. The first-order chi connectivity index (χ1) is 16.7. The summed E-state index contributed by atoms with van der Waals surface area (Å²) in [6, 6.07) is 5.58. The lowest BCUT2D eigenvalue weighted by atomic mass is 10.0. The van der Waals surface area contributed by atoms with E-state index in [-0.39, 0.29) is 5.69 Å². The van der Waals surface area contributed by atoms with Gasteiger partial charge in [-0.15, -0.1) is 0 Å². The van der Waals surface area contributed by atoms with Crippen LogP contribution in [0.1, 0.15) is 16.8 Å². The number of thiocarbonyl (C=S) groups is 1. The van der Waals surface area contributed by atoms with Crippen molar-refractivity contribution in [3.05, 3.63) is 53.5 Å². The lowest BCUT2D eigenvalue weighted by molar-refractivity contribution is -0.137. The van der Waals surface area contributed by atoms with E-state index in [4.69, 9.17) is 12.2 Å². The van der Waals surface area contributed by atoms with Gasteiger partial charge in [-0.1, -0.05) is 18.3 Å². The minimum absolute atomic E-state index is 0.281. The molecule has 7 nitrogen and oxygen atoms in total. The van der Waals surface area contributed by atoms with Crippen LogP contribution in [0.15, 0.2) is 36.7 Å². The van der Waals surface area contributed by atoms with Crippen molar-refractivity contribution in [3.63, 3.8) is 0 Å². The van der Waals surface area contributed by atoms with E-state index in [0.29, 0.717) is 28.6 Å². The zero-order chi connectivity index (χ0) is 24.7. The summed E-state index contributed by atoms with van der Waals surface area (Å²) in [5, 5.41) is 6.18. The number of aryl methyl sites for hydroxylation is 1. The fourth-order valence-corrected chi connectivity index (χ4v) is 4.50. The molecule has 1 fully saturated rings. The zero-order valence-electron chi connectivity index (χ0n) is 19.3. The molecular formula is C24H24F3N7S. The van der Waals surface area contributed by atoms with Crippen molar-refractivity contribution in [2.24, 2.45) is 0 Å². The van der Waals surface area contributed by atoms with Gasteiger partial charge in [0.25, 0.3) is 0 Å². The van der Waals surface area contributed by atoms with Crippen molar-refractivity contribution in [1.29, 1.82) is 0 Å². The fraction of sp³-hybridized carbons (Fsp3) is 0.333. The Morgan fingerprint density at radius 3 is 2.57 bits per heavy atom. The Balaban J connectivity index is 1.48. The van der Waals surface area contributed by atoms with Gasteiger partial charge in [-0.05, 0) is 32.2 Å². The molecule has 1 saturated heterocycles. The molecule has 0 unspecified atom stereocenters. The Bertz CT molecular complexity index is 1290. The van der Waals surface area contributed by atoms with Crippen LogP contribution in [0, 0.1) is 6.92 Å². The number of piperazine rings is 1. The molecule has 11 heteroatoms. The number of rotatable bonds is 3. The van der Waals surface area contributed by atoms with Crippen LogP contribution in [0.5, 0.6) is 0 Å². The largest absolute Gasteiger partial charge is 0.416 e. The molecule has 0 radical (unpaired) electrons. The van der Waals surface area contributed by atoms with Gasteiger partial charge in [0, 0.05) is 55.6 Å². The van der Waals surface area contributed by atoms with Crippen molar-refractivity contribution in [1.82, 2.24) is 19.9 Å². The minimum atomic E-state index is -4.45. The molecule has 0 amide bonds. The Hall–Kier alpha value is -3.31. The molecule has 0 saturated carbocycles. The maximum absolute atomic E-state index is 13.3. The molecule has 0 aliphatic carbocycles. The number of alkyl halides is 3. The van der Waals surface area contributed by atoms with Gasteiger partial charge in [-0.3, -0.25) is 4.98 Å². The highest BCUT2D eigenvalue weighted by molar-refractivity contribution is 7.80. The van der Waals surface area contributed by atoms with Gasteiger partial charge in [0.05, 0.1) is 39.5 Å². The molecule has 0 atom stereocenters. The molecule has 35 heavy (non-hydrogen) atoms. The summed E-state index contributed by atoms with van der Waals surface area (Å²) in [7, 11) is 2.11. The molecular weight excluding hydrogens is 475 g/mol. The molecule has 1 aromatic carbocycles. The number of halogens is 3. The van der Waals surface area contributed by atoms with Crippen molar-refractivity contribution in [2.45, 2.75) is 19.5 Å². The molecule has 0 bridgehead atoms. The Morgan fingerprint density at radius 1 is 1.06 bits per heavy atom. The third-order valence-electron chi connectivity index (χ3n) is 6.28. The van der Waals surface area contributed by atoms with E-state index >= 15 is 0 Å². The lowest BCUT2D eigenvalue weighted by Gasteiger charge is -2.34. The van der Waals surface area contributed by atoms with Crippen molar-refractivity contribution < 1.29 is 13.2 Å². The predicted octanol–water partition coefficient (Wildman–Crippen LogP) is 4.66. The first-order valence-corrected chi connectivity index (χ1v) is 11.6. The second-order valence-electron chi connectivity index (χ2n) is 8.79. The van der Waals surface area contributed by atoms with E-state index in [1.165, 1.54) is 6.07 Å².